The number of carbonyl (C=O) groups excluding carboxylic acids is 1. The molecule has 10 heavy (non-hydrogen) atoms. The van der Waals surface area contributed by atoms with Gasteiger partial charge in [0.1, 0.15) is 6.04 Å². The van der Waals surface area contributed by atoms with Crippen LogP contribution in [0.25, 0.3) is 0 Å². The average Bonchev–Trinajstić information content (AvgIpc) is 2.10. The standard InChI is InChI=1S/C6H12N2O2/c1-4-2-5(6(7)9)8(10)3-4/h4-5,10H,2-3H2,1H3,(H2,7,9). The fourth-order valence-electron chi connectivity index (χ4n) is 1.29. The number of carbonyl (C=O) groups is 1. The van der Waals surface area contributed by atoms with E-state index >= 15 is 0 Å². The lowest BCUT2D eigenvalue weighted by atomic mass is 10.1. The second-order valence-corrected chi connectivity index (χ2v) is 2.88. The van der Waals surface area contributed by atoms with Gasteiger partial charge in [-0.25, -0.2) is 0 Å². The van der Waals surface area contributed by atoms with Crippen LogP contribution >= 0.6 is 0 Å². The zero-order valence-electron chi connectivity index (χ0n) is 5.95. The van der Waals surface area contributed by atoms with Gasteiger partial charge in [0, 0.05) is 6.54 Å². The third-order valence-corrected chi connectivity index (χ3v) is 1.81. The fraction of sp³-hybridized carbons (Fsp3) is 0.833. The molecule has 1 fully saturated rings. The van der Waals surface area contributed by atoms with Crippen molar-refractivity contribution >= 4 is 5.91 Å². The van der Waals surface area contributed by atoms with Gasteiger partial charge in [-0.2, -0.15) is 5.06 Å². The van der Waals surface area contributed by atoms with Crippen molar-refractivity contribution in [3.8, 4) is 0 Å². The lowest BCUT2D eigenvalue weighted by molar-refractivity contribution is -0.142. The minimum atomic E-state index is -0.463. The molecule has 58 valence electrons. The summed E-state index contributed by atoms with van der Waals surface area (Å²) in [6.45, 7) is 2.53. The van der Waals surface area contributed by atoms with E-state index in [0.717, 1.165) is 5.06 Å². The van der Waals surface area contributed by atoms with Crippen molar-refractivity contribution in [2.75, 3.05) is 6.54 Å². The maximum atomic E-state index is 10.6. The number of hydroxylamine groups is 2. The predicted octanol–water partition coefficient (Wildman–Crippen LogP) is -0.429. The van der Waals surface area contributed by atoms with E-state index in [1.165, 1.54) is 0 Å². The van der Waals surface area contributed by atoms with Gasteiger partial charge in [-0.05, 0) is 12.3 Å². The van der Waals surface area contributed by atoms with Crippen molar-refractivity contribution < 1.29 is 10.0 Å². The van der Waals surface area contributed by atoms with Gasteiger partial charge in [-0.1, -0.05) is 6.92 Å². The number of hydrogen-bond donors (Lipinski definition) is 2. The molecule has 2 unspecified atom stereocenters. The van der Waals surface area contributed by atoms with E-state index in [2.05, 4.69) is 0 Å². The van der Waals surface area contributed by atoms with Crippen molar-refractivity contribution in [1.82, 2.24) is 5.06 Å². The van der Waals surface area contributed by atoms with E-state index in [0.29, 0.717) is 18.9 Å². The SMILES string of the molecule is CC1CC(C(N)=O)N(O)C1. The predicted molar refractivity (Wildman–Crippen MR) is 35.3 cm³/mol. The lowest BCUT2D eigenvalue weighted by Gasteiger charge is -2.12. The first kappa shape index (κ1) is 7.50. The van der Waals surface area contributed by atoms with E-state index in [1.807, 2.05) is 6.92 Å². The van der Waals surface area contributed by atoms with E-state index in [4.69, 9.17) is 10.9 Å². The van der Waals surface area contributed by atoms with Crippen LogP contribution in [-0.4, -0.2) is 28.8 Å². The minimum Gasteiger partial charge on any atom is -0.368 e. The number of nitrogens with zero attached hydrogens (tertiary/aromatic N) is 1. The van der Waals surface area contributed by atoms with Crippen LogP contribution in [0.1, 0.15) is 13.3 Å². The molecule has 4 heteroatoms. The highest BCUT2D eigenvalue weighted by atomic mass is 16.5. The molecule has 0 spiro atoms. The summed E-state index contributed by atoms with van der Waals surface area (Å²) in [7, 11) is 0. The molecule has 0 aromatic rings. The maximum absolute atomic E-state index is 10.6. The molecule has 4 nitrogen and oxygen atoms in total. The summed E-state index contributed by atoms with van der Waals surface area (Å²) in [5.41, 5.74) is 5.01. The van der Waals surface area contributed by atoms with Crippen LogP contribution in [0, 0.1) is 5.92 Å². The quantitative estimate of drug-likeness (QED) is 0.525. The third kappa shape index (κ3) is 1.27. The smallest absolute Gasteiger partial charge is 0.237 e. The van der Waals surface area contributed by atoms with Crippen LogP contribution < -0.4 is 5.73 Å². The van der Waals surface area contributed by atoms with Crippen molar-refractivity contribution in [2.24, 2.45) is 11.7 Å². The Hall–Kier alpha value is -0.610. The Morgan fingerprint density at radius 3 is 2.60 bits per heavy atom. The molecule has 3 N–H and O–H groups in total. The molecule has 0 saturated carbocycles. The molecule has 1 aliphatic heterocycles. The van der Waals surface area contributed by atoms with Gasteiger partial charge in [0.05, 0.1) is 0 Å². The van der Waals surface area contributed by atoms with Gasteiger partial charge in [0.2, 0.25) is 5.91 Å². The first-order valence-electron chi connectivity index (χ1n) is 3.36. The largest absolute Gasteiger partial charge is 0.368 e. The van der Waals surface area contributed by atoms with Gasteiger partial charge < -0.3 is 10.9 Å². The van der Waals surface area contributed by atoms with Gasteiger partial charge in [-0.15, -0.1) is 0 Å². The molecule has 1 amide bonds. The minimum absolute atomic E-state index is 0.363. The summed E-state index contributed by atoms with van der Waals surface area (Å²) in [5.74, 6) is -0.0747. The molecule has 1 saturated heterocycles. The Bertz CT molecular complexity index is 149. The van der Waals surface area contributed by atoms with Crippen molar-refractivity contribution in [3.63, 3.8) is 0 Å². The number of amides is 1. The molecule has 0 aliphatic carbocycles. The van der Waals surface area contributed by atoms with Crippen molar-refractivity contribution in [2.45, 2.75) is 19.4 Å². The van der Waals surface area contributed by atoms with Crippen LogP contribution in [0.2, 0.25) is 0 Å². The molecule has 2 atom stereocenters. The number of nitrogens with two attached hydrogens (primary N) is 1. The Balaban J connectivity index is 2.54. The van der Waals surface area contributed by atoms with Gasteiger partial charge in [0.15, 0.2) is 0 Å². The van der Waals surface area contributed by atoms with E-state index in [-0.39, 0.29) is 0 Å². The normalized spacial score (nSPS) is 34.6. The maximum Gasteiger partial charge on any atom is 0.237 e. The molecule has 0 bridgehead atoms. The second-order valence-electron chi connectivity index (χ2n) is 2.88. The van der Waals surface area contributed by atoms with Crippen LogP contribution in [0.15, 0.2) is 0 Å². The molecule has 1 heterocycles. The zero-order valence-corrected chi connectivity index (χ0v) is 5.95. The molecular weight excluding hydrogens is 132 g/mol. The van der Waals surface area contributed by atoms with Gasteiger partial charge >= 0.3 is 0 Å². The first-order chi connectivity index (χ1) is 4.61. The molecule has 0 aromatic heterocycles. The van der Waals surface area contributed by atoms with Crippen LogP contribution in [0.5, 0.6) is 0 Å². The van der Waals surface area contributed by atoms with E-state index < -0.39 is 11.9 Å². The Morgan fingerprint density at radius 1 is 1.80 bits per heavy atom. The third-order valence-electron chi connectivity index (χ3n) is 1.81. The Labute approximate surface area is 59.6 Å². The monoisotopic (exact) mass is 144 g/mol. The van der Waals surface area contributed by atoms with Gasteiger partial charge in [0.25, 0.3) is 0 Å². The molecule has 1 rings (SSSR count). The molecule has 0 aromatic carbocycles. The van der Waals surface area contributed by atoms with E-state index in [1.54, 1.807) is 0 Å². The number of hydrogen-bond acceptors (Lipinski definition) is 3. The average molecular weight is 144 g/mol. The zero-order chi connectivity index (χ0) is 7.72. The van der Waals surface area contributed by atoms with Crippen molar-refractivity contribution in [3.05, 3.63) is 0 Å². The molecule has 1 aliphatic rings. The van der Waals surface area contributed by atoms with E-state index in [9.17, 15) is 4.79 Å². The highest BCUT2D eigenvalue weighted by molar-refractivity contribution is 5.79. The van der Waals surface area contributed by atoms with Crippen LogP contribution in [0.4, 0.5) is 0 Å². The topological polar surface area (TPSA) is 66.6 Å². The van der Waals surface area contributed by atoms with Crippen LogP contribution in [-0.2, 0) is 4.79 Å². The first-order valence-corrected chi connectivity index (χ1v) is 3.36. The van der Waals surface area contributed by atoms with Crippen LogP contribution in [0.3, 0.4) is 0 Å². The summed E-state index contributed by atoms with van der Waals surface area (Å²) in [4.78, 5) is 10.6. The Kier molecular flexibility index (Phi) is 1.92. The summed E-state index contributed by atoms with van der Waals surface area (Å²) < 4.78 is 0. The number of rotatable bonds is 1. The highest BCUT2D eigenvalue weighted by Gasteiger charge is 2.32. The fourth-order valence-corrected chi connectivity index (χ4v) is 1.29. The summed E-state index contributed by atoms with van der Waals surface area (Å²) in [6.07, 6.45) is 0.672. The summed E-state index contributed by atoms with van der Waals surface area (Å²) in [6, 6.07) is -0.463. The molecular formula is C6H12N2O2. The number of primary amides is 1. The Morgan fingerprint density at radius 2 is 2.40 bits per heavy atom. The van der Waals surface area contributed by atoms with Crippen molar-refractivity contribution in [1.29, 1.82) is 0 Å². The molecule has 0 radical (unpaired) electrons. The second kappa shape index (κ2) is 2.56. The van der Waals surface area contributed by atoms with Gasteiger partial charge in [-0.3, -0.25) is 4.79 Å². The summed E-state index contributed by atoms with van der Waals surface area (Å²) >= 11 is 0. The highest BCUT2D eigenvalue weighted by Crippen LogP contribution is 2.19. The lowest BCUT2D eigenvalue weighted by Crippen LogP contribution is -2.38. The summed E-state index contributed by atoms with van der Waals surface area (Å²) in [5, 5.41) is 10.1.